The first-order valence-corrected chi connectivity index (χ1v) is 34.0. The maximum atomic E-state index is 7.02. The third-order valence-corrected chi connectivity index (χ3v) is 20.3. The molecule has 14 aromatic carbocycles. The van der Waals surface area contributed by atoms with Gasteiger partial charge in [0.2, 0.25) is 0 Å². The Balaban J connectivity index is 0.641. The van der Waals surface area contributed by atoms with Gasteiger partial charge in [0.25, 0.3) is 0 Å². The molecule has 0 N–H and O–H groups in total. The zero-order valence-electron chi connectivity index (χ0n) is 54.1. The van der Waals surface area contributed by atoms with Crippen LogP contribution in [0.4, 0.5) is 0 Å². The Hall–Kier alpha value is -14.1. The Morgan fingerprint density at radius 2 is 0.539 bits per heavy atom. The molecule has 0 spiro atoms. The SMILES string of the molecule is c1ccc(-c2nc(-c3cccc(-c4ccc(-c5nc(-c6ccccc6)nc(-c6cccc7oc8ccc9c(oc%10cccc(-n%11c%12ccccc%12c%12ccccc%12%11)c%109)c8c67)n5)cc4)c3)nc(-c3cccc4oc5c(ccc6c5oc5cccc(-n7c8ccccc8c8ccccc87)c56)c34)n2)cc1. The quantitative estimate of drug-likeness (QED) is 0.137. The van der Waals surface area contributed by atoms with Crippen molar-refractivity contribution in [2.45, 2.75) is 0 Å². The van der Waals surface area contributed by atoms with Gasteiger partial charge in [0, 0.05) is 81.9 Å². The predicted octanol–water partition coefficient (Wildman–Crippen LogP) is 23.5. The van der Waals surface area contributed by atoms with Gasteiger partial charge in [0.15, 0.2) is 46.1 Å². The highest BCUT2D eigenvalue weighted by Gasteiger charge is 2.27. The van der Waals surface area contributed by atoms with Gasteiger partial charge in [0.1, 0.15) is 33.5 Å². The standard InChI is InChI=1S/C90H50N8O4/c1-3-20-52(21-4-1)85-91-87(95-90(94-85)65-31-17-39-75-80(65)81-76(99-75)49-48-62-78-70(36-18-40-73(78)100-82(62)81)97-66-32-11-7-26-57(66)58-27-8-12-33-67(58)97)54-44-42-51(43-45-54)55-24-15-25-56(50-55)88-92-86(53-22-5-2-6-23-53)93-89(96-88)64-30-16-38-72-77(64)61-46-47-63-79-71(37-19-41-74(79)102-84(63)83(61)101-72)98-68-34-13-9-28-59(68)60-29-10-14-35-69(60)98/h1-50H. The molecule has 22 rings (SSSR count). The monoisotopic (exact) mass is 1310 g/mol. The van der Waals surface area contributed by atoms with Crippen molar-refractivity contribution < 1.29 is 17.7 Å². The van der Waals surface area contributed by atoms with Crippen molar-refractivity contribution in [3.8, 4) is 90.8 Å². The van der Waals surface area contributed by atoms with Gasteiger partial charge in [-0.2, -0.15) is 0 Å². The summed E-state index contributed by atoms with van der Waals surface area (Å²) in [5, 5.41) is 12.2. The lowest BCUT2D eigenvalue weighted by molar-refractivity contribution is 0.633. The zero-order valence-corrected chi connectivity index (χ0v) is 54.1. The van der Waals surface area contributed by atoms with Crippen molar-refractivity contribution in [3.63, 3.8) is 0 Å². The van der Waals surface area contributed by atoms with Crippen molar-refractivity contribution in [1.82, 2.24) is 39.0 Å². The number of nitrogens with zero attached hydrogens (tertiary/aromatic N) is 8. The molecule has 8 heterocycles. The number of benzene rings is 14. The molecule has 12 heteroatoms. The van der Waals surface area contributed by atoms with E-state index in [0.29, 0.717) is 62.9 Å². The molecule has 8 aromatic heterocycles. The second-order valence-electron chi connectivity index (χ2n) is 25.9. The van der Waals surface area contributed by atoms with Crippen LogP contribution >= 0.6 is 0 Å². The maximum absolute atomic E-state index is 7.02. The van der Waals surface area contributed by atoms with Crippen molar-refractivity contribution in [3.05, 3.63) is 303 Å². The van der Waals surface area contributed by atoms with E-state index in [1.54, 1.807) is 0 Å². The molecule has 102 heavy (non-hydrogen) atoms. The molecule has 0 aliphatic carbocycles. The average Bonchev–Trinajstić information content (AvgIpc) is 1.56. The third kappa shape index (κ3) is 8.38. The van der Waals surface area contributed by atoms with Gasteiger partial charge in [-0.1, -0.05) is 212 Å². The second-order valence-corrected chi connectivity index (χ2v) is 25.9. The lowest BCUT2D eigenvalue weighted by atomic mass is 10.0. The van der Waals surface area contributed by atoms with Crippen LogP contribution < -0.4 is 0 Å². The summed E-state index contributed by atoms with van der Waals surface area (Å²) < 4.78 is 32.2. The molecule has 0 radical (unpaired) electrons. The van der Waals surface area contributed by atoms with Crippen LogP contribution in [-0.4, -0.2) is 39.0 Å². The van der Waals surface area contributed by atoms with Crippen LogP contribution in [0.25, 0.3) is 222 Å². The topological polar surface area (TPSA) is 140 Å². The molecular weight excluding hydrogens is 1260 g/mol. The van der Waals surface area contributed by atoms with Gasteiger partial charge in [-0.05, 0) is 102 Å². The Kier molecular flexibility index (Phi) is 11.9. The molecule has 0 fully saturated rings. The first-order valence-electron chi connectivity index (χ1n) is 34.0. The summed E-state index contributed by atoms with van der Waals surface area (Å²) in [7, 11) is 0. The van der Waals surface area contributed by atoms with E-state index in [1.165, 1.54) is 21.5 Å². The largest absolute Gasteiger partial charge is 0.456 e. The Labute approximate surface area is 578 Å². The average molecular weight is 1310 g/mol. The minimum Gasteiger partial charge on any atom is -0.456 e. The molecule has 0 bridgehead atoms. The van der Waals surface area contributed by atoms with Crippen molar-refractivity contribution >= 4 is 131 Å². The highest BCUT2D eigenvalue weighted by molar-refractivity contribution is 6.27. The van der Waals surface area contributed by atoms with Crippen LogP contribution in [-0.2, 0) is 0 Å². The smallest absolute Gasteiger partial charge is 0.178 e. The van der Waals surface area contributed by atoms with Gasteiger partial charge in [-0.25, -0.2) is 29.9 Å². The van der Waals surface area contributed by atoms with E-state index in [4.69, 9.17) is 47.6 Å². The normalized spacial score (nSPS) is 12.1. The Bertz CT molecular complexity index is 7160. The Morgan fingerprint density at radius 3 is 1.06 bits per heavy atom. The first kappa shape index (κ1) is 56.0. The highest BCUT2D eigenvalue weighted by Crippen LogP contribution is 2.48. The van der Waals surface area contributed by atoms with E-state index in [0.717, 1.165) is 138 Å². The summed E-state index contributed by atoms with van der Waals surface area (Å²) in [5.74, 6) is 3.14. The number of furan rings is 4. The Morgan fingerprint density at radius 1 is 0.196 bits per heavy atom. The molecule has 0 unspecified atom stereocenters. The van der Waals surface area contributed by atoms with Crippen molar-refractivity contribution in [1.29, 1.82) is 0 Å². The van der Waals surface area contributed by atoms with E-state index in [2.05, 4.69) is 209 Å². The van der Waals surface area contributed by atoms with Crippen LogP contribution in [0.5, 0.6) is 0 Å². The lowest BCUT2D eigenvalue weighted by Crippen LogP contribution is -2.00. The lowest BCUT2D eigenvalue weighted by Gasteiger charge is -2.11. The number of fused-ring (bicyclic) bond motifs is 20. The van der Waals surface area contributed by atoms with Gasteiger partial charge >= 0.3 is 0 Å². The number of aromatic nitrogens is 8. The summed E-state index contributed by atoms with van der Waals surface area (Å²) in [6.45, 7) is 0. The molecule has 0 amide bonds. The summed E-state index contributed by atoms with van der Waals surface area (Å²) in [5.41, 5.74) is 19.2. The van der Waals surface area contributed by atoms with Crippen molar-refractivity contribution in [2.75, 3.05) is 0 Å². The van der Waals surface area contributed by atoms with Crippen LogP contribution in [0, 0.1) is 0 Å². The summed E-state index contributed by atoms with van der Waals surface area (Å²) in [6.07, 6.45) is 0. The van der Waals surface area contributed by atoms with Crippen LogP contribution in [0.1, 0.15) is 0 Å². The van der Waals surface area contributed by atoms with Crippen molar-refractivity contribution in [2.24, 2.45) is 0 Å². The van der Waals surface area contributed by atoms with E-state index >= 15 is 0 Å². The molecule has 12 nitrogen and oxygen atoms in total. The molecule has 0 saturated heterocycles. The van der Waals surface area contributed by atoms with Crippen LogP contribution in [0.2, 0.25) is 0 Å². The van der Waals surface area contributed by atoms with E-state index in [9.17, 15) is 0 Å². The van der Waals surface area contributed by atoms with Gasteiger partial charge in [-0.15, -0.1) is 0 Å². The minimum atomic E-state index is 0.501. The summed E-state index contributed by atoms with van der Waals surface area (Å²) >= 11 is 0. The summed E-state index contributed by atoms with van der Waals surface area (Å²) in [4.78, 5) is 31.6. The fourth-order valence-electron chi connectivity index (χ4n) is 15.8. The van der Waals surface area contributed by atoms with Crippen LogP contribution in [0.15, 0.2) is 321 Å². The van der Waals surface area contributed by atoms with Crippen LogP contribution in [0.3, 0.4) is 0 Å². The highest BCUT2D eigenvalue weighted by atomic mass is 16.4. The number of rotatable bonds is 9. The number of para-hydroxylation sites is 4. The van der Waals surface area contributed by atoms with Gasteiger partial charge in [0.05, 0.1) is 49.6 Å². The fraction of sp³-hybridized carbons (Fsp3) is 0. The fourth-order valence-corrected chi connectivity index (χ4v) is 15.8. The number of hydrogen-bond donors (Lipinski definition) is 0. The maximum Gasteiger partial charge on any atom is 0.178 e. The predicted molar refractivity (Wildman–Crippen MR) is 409 cm³/mol. The zero-order chi connectivity index (χ0) is 66.7. The van der Waals surface area contributed by atoms with E-state index < -0.39 is 0 Å². The van der Waals surface area contributed by atoms with E-state index in [1.807, 2.05) is 103 Å². The third-order valence-electron chi connectivity index (χ3n) is 20.3. The molecule has 474 valence electrons. The number of hydrogen-bond acceptors (Lipinski definition) is 10. The van der Waals surface area contributed by atoms with Gasteiger partial charge < -0.3 is 26.8 Å². The minimum absolute atomic E-state index is 0.501. The molecule has 0 atom stereocenters. The first-order chi connectivity index (χ1) is 50.6. The molecule has 0 aliphatic heterocycles. The summed E-state index contributed by atoms with van der Waals surface area (Å²) in [6, 6.07) is 104. The molecular formula is C90H50N8O4. The molecule has 0 aliphatic rings. The molecule has 0 saturated carbocycles. The van der Waals surface area contributed by atoms with Gasteiger partial charge in [-0.3, -0.25) is 0 Å². The van der Waals surface area contributed by atoms with E-state index in [-0.39, 0.29) is 0 Å². The second kappa shape index (κ2) is 21.7. The molecule has 22 aromatic rings.